The Morgan fingerprint density at radius 3 is 2.44 bits per heavy atom. The Labute approximate surface area is 189 Å². The molecule has 2 aromatic carbocycles. The summed E-state index contributed by atoms with van der Waals surface area (Å²) in [5.74, 6) is 0.502. The summed E-state index contributed by atoms with van der Waals surface area (Å²) in [6, 6.07) is 17.8. The Morgan fingerprint density at radius 2 is 1.72 bits per heavy atom. The Kier molecular flexibility index (Phi) is 6.63. The standard InChI is InChI=1S/C25H31N5O2/c1-19(2)18-30-11-10-20-16-21(8-9-23(20)30)27-25(32)26-17-24(31)29-14-12-28(13-15-29)22-6-4-3-5-7-22/h3-11,16,19H,12-15,17-18H2,1-2H3,(H2,26,27,32). The maximum absolute atomic E-state index is 12.5. The molecule has 4 rings (SSSR count). The molecule has 3 aromatic rings. The number of piperazine rings is 1. The van der Waals surface area contributed by atoms with E-state index in [1.54, 1.807) is 0 Å². The number of benzene rings is 2. The van der Waals surface area contributed by atoms with Crippen molar-refractivity contribution in [2.75, 3.05) is 42.9 Å². The molecule has 2 N–H and O–H groups in total. The fraction of sp³-hybridized carbons (Fsp3) is 0.360. The number of fused-ring (bicyclic) bond motifs is 1. The number of anilines is 2. The smallest absolute Gasteiger partial charge is 0.319 e. The van der Waals surface area contributed by atoms with Gasteiger partial charge in [0.2, 0.25) is 5.91 Å². The van der Waals surface area contributed by atoms with Gasteiger partial charge in [0.15, 0.2) is 0 Å². The fourth-order valence-electron chi connectivity index (χ4n) is 4.13. The molecule has 1 aromatic heterocycles. The van der Waals surface area contributed by atoms with E-state index >= 15 is 0 Å². The van der Waals surface area contributed by atoms with Gasteiger partial charge in [0.05, 0.1) is 6.54 Å². The molecule has 7 heteroatoms. The summed E-state index contributed by atoms with van der Waals surface area (Å²) in [5.41, 5.74) is 3.03. The van der Waals surface area contributed by atoms with Crippen LogP contribution in [-0.2, 0) is 11.3 Å². The zero-order valence-electron chi connectivity index (χ0n) is 18.8. The average molecular weight is 434 g/mol. The van der Waals surface area contributed by atoms with E-state index in [1.807, 2.05) is 41.3 Å². The van der Waals surface area contributed by atoms with Gasteiger partial charge >= 0.3 is 6.03 Å². The first-order chi connectivity index (χ1) is 15.5. The molecular weight excluding hydrogens is 402 g/mol. The zero-order chi connectivity index (χ0) is 22.5. The molecular formula is C25H31N5O2. The predicted molar refractivity (Wildman–Crippen MR) is 129 cm³/mol. The topological polar surface area (TPSA) is 69.6 Å². The quantitative estimate of drug-likeness (QED) is 0.622. The Bertz CT molecular complexity index is 1070. The summed E-state index contributed by atoms with van der Waals surface area (Å²) < 4.78 is 2.22. The summed E-state index contributed by atoms with van der Waals surface area (Å²) in [5, 5.41) is 6.60. The number of hydrogen-bond acceptors (Lipinski definition) is 3. The van der Waals surface area contributed by atoms with Gasteiger partial charge in [-0.25, -0.2) is 4.79 Å². The SMILES string of the molecule is CC(C)Cn1ccc2cc(NC(=O)NCC(=O)N3CCN(c4ccccc4)CC3)ccc21. The third-order valence-corrected chi connectivity index (χ3v) is 5.74. The van der Waals surface area contributed by atoms with Crippen LogP contribution in [0.3, 0.4) is 0 Å². The summed E-state index contributed by atoms with van der Waals surface area (Å²) in [6.07, 6.45) is 2.07. The van der Waals surface area contributed by atoms with Crippen molar-refractivity contribution in [2.24, 2.45) is 5.92 Å². The van der Waals surface area contributed by atoms with Gasteiger partial charge in [0, 0.05) is 61.2 Å². The van der Waals surface area contributed by atoms with E-state index in [0.29, 0.717) is 24.7 Å². The number of amides is 3. The minimum atomic E-state index is -0.373. The van der Waals surface area contributed by atoms with Crippen molar-refractivity contribution in [3.8, 4) is 0 Å². The van der Waals surface area contributed by atoms with Crippen LogP contribution < -0.4 is 15.5 Å². The van der Waals surface area contributed by atoms with Gasteiger partial charge in [-0.2, -0.15) is 0 Å². The van der Waals surface area contributed by atoms with E-state index in [4.69, 9.17) is 0 Å². The molecule has 1 aliphatic rings. The van der Waals surface area contributed by atoms with Crippen molar-refractivity contribution in [3.05, 3.63) is 60.8 Å². The molecule has 0 aliphatic carbocycles. The van der Waals surface area contributed by atoms with E-state index in [0.717, 1.165) is 30.5 Å². The van der Waals surface area contributed by atoms with Gasteiger partial charge in [-0.15, -0.1) is 0 Å². The van der Waals surface area contributed by atoms with E-state index < -0.39 is 0 Å². The van der Waals surface area contributed by atoms with E-state index in [-0.39, 0.29) is 18.5 Å². The first-order valence-electron chi connectivity index (χ1n) is 11.2. The van der Waals surface area contributed by atoms with Gasteiger partial charge in [-0.3, -0.25) is 4.79 Å². The highest BCUT2D eigenvalue weighted by Crippen LogP contribution is 2.21. The molecule has 1 fully saturated rings. The van der Waals surface area contributed by atoms with Crippen LogP contribution in [-0.4, -0.2) is 54.1 Å². The number of hydrogen-bond donors (Lipinski definition) is 2. The van der Waals surface area contributed by atoms with E-state index in [2.05, 4.69) is 58.3 Å². The number of aromatic nitrogens is 1. The van der Waals surface area contributed by atoms with Gasteiger partial charge in [0.1, 0.15) is 0 Å². The van der Waals surface area contributed by atoms with Crippen molar-refractivity contribution < 1.29 is 9.59 Å². The molecule has 3 amide bonds. The number of nitrogens with zero attached hydrogens (tertiary/aromatic N) is 3. The number of urea groups is 1. The molecule has 1 saturated heterocycles. The second-order valence-corrected chi connectivity index (χ2v) is 8.65. The number of rotatable bonds is 6. The molecule has 0 saturated carbocycles. The van der Waals surface area contributed by atoms with Gasteiger partial charge in [0.25, 0.3) is 0 Å². The second kappa shape index (κ2) is 9.77. The van der Waals surface area contributed by atoms with Gasteiger partial charge in [-0.1, -0.05) is 32.0 Å². The highest BCUT2D eigenvalue weighted by molar-refractivity contribution is 5.94. The molecule has 0 bridgehead atoms. The lowest BCUT2D eigenvalue weighted by atomic mass is 10.2. The van der Waals surface area contributed by atoms with Crippen LogP contribution in [0, 0.1) is 5.92 Å². The minimum absolute atomic E-state index is 0.00974. The molecule has 0 spiro atoms. The van der Waals surface area contributed by atoms with Crippen LogP contribution >= 0.6 is 0 Å². The molecule has 1 aliphatic heterocycles. The summed E-state index contributed by atoms with van der Waals surface area (Å²) in [7, 11) is 0. The lowest BCUT2D eigenvalue weighted by Gasteiger charge is -2.36. The molecule has 0 atom stereocenters. The first kappa shape index (κ1) is 21.7. The third kappa shape index (κ3) is 5.22. The predicted octanol–water partition coefficient (Wildman–Crippen LogP) is 3.77. The molecule has 32 heavy (non-hydrogen) atoms. The van der Waals surface area contributed by atoms with E-state index in [9.17, 15) is 9.59 Å². The zero-order valence-corrected chi connectivity index (χ0v) is 18.8. The highest BCUT2D eigenvalue weighted by Gasteiger charge is 2.21. The third-order valence-electron chi connectivity index (χ3n) is 5.74. The average Bonchev–Trinajstić information content (AvgIpc) is 3.19. The normalized spacial score (nSPS) is 14.1. The summed E-state index contributed by atoms with van der Waals surface area (Å²) >= 11 is 0. The monoisotopic (exact) mass is 433 g/mol. The lowest BCUT2D eigenvalue weighted by Crippen LogP contribution is -2.51. The largest absolute Gasteiger partial charge is 0.368 e. The molecule has 0 unspecified atom stereocenters. The molecule has 7 nitrogen and oxygen atoms in total. The van der Waals surface area contributed by atoms with Crippen LogP contribution in [0.15, 0.2) is 60.8 Å². The summed E-state index contributed by atoms with van der Waals surface area (Å²) in [6.45, 7) is 8.22. The van der Waals surface area contributed by atoms with Crippen molar-refractivity contribution >= 4 is 34.2 Å². The van der Waals surface area contributed by atoms with Crippen molar-refractivity contribution in [1.82, 2.24) is 14.8 Å². The van der Waals surface area contributed by atoms with Crippen LogP contribution in [0.5, 0.6) is 0 Å². The Morgan fingerprint density at radius 1 is 0.969 bits per heavy atom. The van der Waals surface area contributed by atoms with Crippen LogP contribution in [0.4, 0.5) is 16.2 Å². The van der Waals surface area contributed by atoms with Crippen molar-refractivity contribution in [3.63, 3.8) is 0 Å². The Balaban J connectivity index is 1.25. The molecule has 168 valence electrons. The van der Waals surface area contributed by atoms with Crippen molar-refractivity contribution in [1.29, 1.82) is 0 Å². The number of carbonyl (C=O) groups is 2. The lowest BCUT2D eigenvalue weighted by molar-refractivity contribution is -0.130. The minimum Gasteiger partial charge on any atom is -0.368 e. The van der Waals surface area contributed by atoms with Crippen LogP contribution in [0.1, 0.15) is 13.8 Å². The molecule has 2 heterocycles. The van der Waals surface area contributed by atoms with Crippen LogP contribution in [0.25, 0.3) is 10.9 Å². The van der Waals surface area contributed by atoms with Crippen molar-refractivity contribution in [2.45, 2.75) is 20.4 Å². The summed E-state index contributed by atoms with van der Waals surface area (Å²) in [4.78, 5) is 28.9. The van der Waals surface area contributed by atoms with E-state index in [1.165, 1.54) is 5.69 Å². The number of nitrogens with one attached hydrogen (secondary N) is 2. The van der Waals surface area contributed by atoms with Crippen LogP contribution in [0.2, 0.25) is 0 Å². The maximum atomic E-state index is 12.5. The Hall–Kier alpha value is -3.48. The highest BCUT2D eigenvalue weighted by atomic mass is 16.2. The second-order valence-electron chi connectivity index (χ2n) is 8.65. The molecule has 0 radical (unpaired) electrons. The van der Waals surface area contributed by atoms with Gasteiger partial charge < -0.3 is 25.0 Å². The first-order valence-corrected chi connectivity index (χ1v) is 11.2. The maximum Gasteiger partial charge on any atom is 0.319 e. The number of para-hydroxylation sites is 1. The number of carbonyl (C=O) groups excluding carboxylic acids is 2. The van der Waals surface area contributed by atoms with Gasteiger partial charge in [-0.05, 0) is 42.3 Å². The fourth-order valence-corrected chi connectivity index (χ4v) is 4.13.